The van der Waals surface area contributed by atoms with Crippen molar-refractivity contribution >= 4 is 23.4 Å². The van der Waals surface area contributed by atoms with Crippen molar-refractivity contribution in [1.29, 1.82) is 0 Å². The molecule has 6 nitrogen and oxygen atoms in total. The molecule has 0 unspecified atom stereocenters. The minimum atomic E-state index is -4.55. The molecule has 1 amide bonds. The van der Waals surface area contributed by atoms with Crippen LogP contribution in [-0.4, -0.2) is 34.8 Å². The zero-order valence-corrected chi connectivity index (χ0v) is 13.5. The number of aromatic nitrogens is 2. The number of benzene rings is 1. The number of nitrogens with zero attached hydrogens (tertiary/aromatic N) is 2. The van der Waals surface area contributed by atoms with Gasteiger partial charge in [-0.3, -0.25) is 4.79 Å². The second-order valence-corrected chi connectivity index (χ2v) is 5.86. The molecule has 3 rings (SSSR count). The smallest absolute Gasteiger partial charge is 0.433 e. The monoisotopic (exact) mass is 371 g/mol. The third-order valence-electron chi connectivity index (χ3n) is 3.08. The highest BCUT2D eigenvalue weighted by molar-refractivity contribution is 7.99. The van der Waals surface area contributed by atoms with E-state index in [2.05, 4.69) is 15.3 Å². The van der Waals surface area contributed by atoms with Crippen LogP contribution in [0.1, 0.15) is 5.69 Å². The van der Waals surface area contributed by atoms with Gasteiger partial charge >= 0.3 is 6.18 Å². The molecule has 1 aromatic heterocycles. The van der Waals surface area contributed by atoms with Crippen molar-refractivity contribution in [2.75, 3.05) is 24.3 Å². The van der Waals surface area contributed by atoms with Crippen molar-refractivity contribution < 1.29 is 27.4 Å². The maximum atomic E-state index is 12.6. The van der Waals surface area contributed by atoms with Crippen LogP contribution in [0.3, 0.4) is 0 Å². The Labute approximate surface area is 144 Å². The SMILES string of the molecule is O=C(CSc1nccc(C(F)(F)F)n1)Nc1ccc2c(c1)OCCO2. The molecule has 0 saturated heterocycles. The second-order valence-electron chi connectivity index (χ2n) is 4.92. The number of fused-ring (bicyclic) bond motifs is 1. The van der Waals surface area contributed by atoms with Crippen molar-refractivity contribution in [2.24, 2.45) is 0 Å². The number of carbonyl (C=O) groups excluding carboxylic acids is 1. The van der Waals surface area contributed by atoms with Gasteiger partial charge in [0.15, 0.2) is 16.7 Å². The number of anilines is 1. The van der Waals surface area contributed by atoms with E-state index in [-0.39, 0.29) is 10.9 Å². The molecule has 132 valence electrons. The van der Waals surface area contributed by atoms with Gasteiger partial charge in [-0.2, -0.15) is 13.2 Å². The third kappa shape index (κ3) is 4.53. The summed E-state index contributed by atoms with van der Waals surface area (Å²) in [4.78, 5) is 19.1. The summed E-state index contributed by atoms with van der Waals surface area (Å²) in [5.74, 6) is 0.590. The topological polar surface area (TPSA) is 73.3 Å². The van der Waals surface area contributed by atoms with Crippen molar-refractivity contribution in [1.82, 2.24) is 9.97 Å². The quantitative estimate of drug-likeness (QED) is 0.658. The van der Waals surface area contributed by atoms with Gasteiger partial charge in [0.25, 0.3) is 0 Å². The minimum Gasteiger partial charge on any atom is -0.486 e. The zero-order valence-electron chi connectivity index (χ0n) is 12.7. The first kappa shape index (κ1) is 17.3. The number of hydrogen-bond acceptors (Lipinski definition) is 6. The first-order valence-corrected chi connectivity index (χ1v) is 8.13. The summed E-state index contributed by atoms with van der Waals surface area (Å²) >= 11 is 0.817. The van der Waals surface area contributed by atoms with Crippen LogP contribution >= 0.6 is 11.8 Å². The lowest BCUT2D eigenvalue weighted by Gasteiger charge is -2.18. The summed E-state index contributed by atoms with van der Waals surface area (Å²) in [7, 11) is 0. The van der Waals surface area contributed by atoms with Crippen LogP contribution in [0.5, 0.6) is 11.5 Å². The maximum Gasteiger partial charge on any atom is 0.433 e. The van der Waals surface area contributed by atoms with Crippen LogP contribution in [-0.2, 0) is 11.0 Å². The molecule has 0 atom stereocenters. The van der Waals surface area contributed by atoms with E-state index in [0.717, 1.165) is 24.0 Å². The molecule has 1 aromatic carbocycles. The Morgan fingerprint density at radius 3 is 2.72 bits per heavy atom. The first-order valence-electron chi connectivity index (χ1n) is 7.14. The molecule has 2 aromatic rings. The largest absolute Gasteiger partial charge is 0.486 e. The molecule has 0 saturated carbocycles. The van der Waals surface area contributed by atoms with Crippen molar-refractivity contribution in [3.8, 4) is 11.5 Å². The van der Waals surface area contributed by atoms with Crippen molar-refractivity contribution in [2.45, 2.75) is 11.3 Å². The predicted octanol–water partition coefficient (Wildman–Crippen LogP) is 3.00. The Balaban J connectivity index is 1.58. The molecule has 2 heterocycles. The first-order chi connectivity index (χ1) is 11.9. The van der Waals surface area contributed by atoms with Gasteiger partial charge in [-0.05, 0) is 18.2 Å². The van der Waals surface area contributed by atoms with Gasteiger partial charge in [0.2, 0.25) is 5.91 Å². The Morgan fingerprint density at radius 2 is 1.96 bits per heavy atom. The molecule has 0 fully saturated rings. The van der Waals surface area contributed by atoms with E-state index in [0.29, 0.717) is 30.4 Å². The fourth-order valence-electron chi connectivity index (χ4n) is 2.02. The molecule has 1 N–H and O–H groups in total. The summed E-state index contributed by atoms with van der Waals surface area (Å²) in [6.45, 7) is 0.888. The zero-order chi connectivity index (χ0) is 17.9. The van der Waals surface area contributed by atoms with E-state index in [1.54, 1.807) is 18.2 Å². The van der Waals surface area contributed by atoms with Crippen LogP contribution in [0.15, 0.2) is 35.6 Å². The molecule has 0 spiro atoms. The number of ether oxygens (including phenoxy) is 2. The molecule has 0 bridgehead atoms. The highest BCUT2D eigenvalue weighted by atomic mass is 32.2. The normalized spacial score (nSPS) is 13.4. The average Bonchev–Trinajstić information content (AvgIpc) is 2.59. The number of thioether (sulfide) groups is 1. The molecular formula is C15H12F3N3O3S. The van der Waals surface area contributed by atoms with Crippen LogP contribution in [0, 0.1) is 0 Å². The second kappa shape index (κ2) is 7.18. The molecule has 25 heavy (non-hydrogen) atoms. The molecule has 1 aliphatic heterocycles. The highest BCUT2D eigenvalue weighted by Crippen LogP contribution is 2.32. The van der Waals surface area contributed by atoms with Crippen LogP contribution in [0.4, 0.5) is 18.9 Å². The van der Waals surface area contributed by atoms with Crippen molar-refractivity contribution in [3.05, 3.63) is 36.2 Å². The van der Waals surface area contributed by atoms with E-state index in [9.17, 15) is 18.0 Å². The minimum absolute atomic E-state index is 0.118. The van der Waals surface area contributed by atoms with E-state index in [1.165, 1.54) is 0 Å². The predicted molar refractivity (Wildman–Crippen MR) is 83.8 cm³/mol. The molecular weight excluding hydrogens is 359 g/mol. The Kier molecular flexibility index (Phi) is 4.98. The Morgan fingerprint density at radius 1 is 1.20 bits per heavy atom. The van der Waals surface area contributed by atoms with Gasteiger partial charge in [0.05, 0.1) is 5.75 Å². The van der Waals surface area contributed by atoms with Gasteiger partial charge in [0, 0.05) is 18.0 Å². The number of halogens is 3. The van der Waals surface area contributed by atoms with Gasteiger partial charge in [-0.1, -0.05) is 11.8 Å². The lowest BCUT2D eigenvalue weighted by Crippen LogP contribution is -2.17. The number of hydrogen-bond donors (Lipinski definition) is 1. The standard InChI is InChI=1S/C15H12F3N3O3S/c16-15(17,18)12-3-4-19-14(21-12)25-8-13(22)20-9-1-2-10-11(7-9)24-6-5-23-10/h1-4,7H,5-6,8H2,(H,20,22). The summed E-state index contributed by atoms with van der Waals surface area (Å²) in [5.41, 5.74) is -0.544. The van der Waals surface area contributed by atoms with E-state index in [1.807, 2.05) is 0 Å². The van der Waals surface area contributed by atoms with E-state index < -0.39 is 17.8 Å². The van der Waals surface area contributed by atoms with Crippen LogP contribution in [0.25, 0.3) is 0 Å². The fraction of sp³-hybridized carbons (Fsp3) is 0.267. The maximum absolute atomic E-state index is 12.6. The van der Waals surface area contributed by atoms with Gasteiger partial charge in [-0.15, -0.1) is 0 Å². The lowest BCUT2D eigenvalue weighted by atomic mass is 10.2. The molecule has 10 heteroatoms. The van der Waals surface area contributed by atoms with E-state index >= 15 is 0 Å². The van der Waals surface area contributed by atoms with Crippen molar-refractivity contribution in [3.63, 3.8) is 0 Å². The van der Waals surface area contributed by atoms with Gasteiger partial charge in [0.1, 0.15) is 18.9 Å². The van der Waals surface area contributed by atoms with Crippen LogP contribution < -0.4 is 14.8 Å². The van der Waals surface area contributed by atoms with Gasteiger partial charge < -0.3 is 14.8 Å². The summed E-state index contributed by atoms with van der Waals surface area (Å²) in [5, 5.41) is 2.52. The van der Waals surface area contributed by atoms with Crippen LogP contribution in [0.2, 0.25) is 0 Å². The average molecular weight is 371 g/mol. The lowest BCUT2D eigenvalue weighted by molar-refractivity contribution is -0.141. The molecule has 0 aliphatic carbocycles. The summed E-state index contributed by atoms with van der Waals surface area (Å²) in [6.07, 6.45) is -3.54. The third-order valence-corrected chi connectivity index (χ3v) is 3.94. The number of amides is 1. The number of alkyl halides is 3. The summed E-state index contributed by atoms with van der Waals surface area (Å²) in [6, 6.07) is 5.72. The molecule has 0 radical (unpaired) electrons. The Hall–Kier alpha value is -2.49. The fourth-order valence-corrected chi connectivity index (χ4v) is 2.65. The van der Waals surface area contributed by atoms with Gasteiger partial charge in [-0.25, -0.2) is 9.97 Å². The highest BCUT2D eigenvalue weighted by Gasteiger charge is 2.32. The number of rotatable bonds is 4. The Bertz CT molecular complexity index is 786. The number of carbonyl (C=O) groups is 1. The summed E-state index contributed by atoms with van der Waals surface area (Å²) < 4.78 is 48.6. The molecule has 1 aliphatic rings. The number of nitrogens with one attached hydrogen (secondary N) is 1. The van der Waals surface area contributed by atoms with E-state index in [4.69, 9.17) is 9.47 Å².